The highest BCUT2D eigenvalue weighted by atomic mass is 16.1. The number of hydrogen-bond donors (Lipinski definition) is 2. The van der Waals surface area contributed by atoms with E-state index in [0.29, 0.717) is 12.5 Å². The van der Waals surface area contributed by atoms with Gasteiger partial charge in [-0.25, -0.2) is 0 Å². The van der Waals surface area contributed by atoms with Crippen LogP contribution in [0.15, 0.2) is 18.2 Å². The highest BCUT2D eigenvalue weighted by Crippen LogP contribution is 2.35. The molecule has 1 aliphatic rings. The van der Waals surface area contributed by atoms with Crippen LogP contribution in [0, 0.1) is 5.41 Å². The molecular weight excluding hydrogens is 212 g/mol. The lowest BCUT2D eigenvalue weighted by Gasteiger charge is -2.31. The van der Waals surface area contributed by atoms with Gasteiger partial charge in [-0.05, 0) is 29.7 Å². The molecular formula is C14H20N2O. The van der Waals surface area contributed by atoms with Gasteiger partial charge in [0.2, 0.25) is 5.91 Å². The maximum absolute atomic E-state index is 11.3. The quantitative estimate of drug-likeness (QED) is 0.822. The first-order chi connectivity index (χ1) is 7.91. The first-order valence-electron chi connectivity index (χ1n) is 6.02. The molecule has 1 unspecified atom stereocenters. The Morgan fingerprint density at radius 2 is 2.06 bits per heavy atom. The molecule has 0 aliphatic carbocycles. The molecule has 1 amide bonds. The molecule has 0 radical (unpaired) electrons. The van der Waals surface area contributed by atoms with Gasteiger partial charge >= 0.3 is 0 Å². The fraction of sp³-hybridized carbons (Fsp3) is 0.500. The minimum atomic E-state index is 0.0916. The van der Waals surface area contributed by atoms with Crippen molar-refractivity contribution in [3.63, 3.8) is 0 Å². The molecule has 1 atom stereocenters. The third-order valence-electron chi connectivity index (χ3n) is 3.24. The zero-order valence-electron chi connectivity index (χ0n) is 10.9. The van der Waals surface area contributed by atoms with Crippen LogP contribution in [-0.4, -0.2) is 13.0 Å². The van der Waals surface area contributed by atoms with Gasteiger partial charge in [0.15, 0.2) is 0 Å². The Bertz CT molecular complexity index is 446. The van der Waals surface area contributed by atoms with Crippen LogP contribution in [-0.2, 0) is 11.2 Å². The van der Waals surface area contributed by atoms with E-state index in [1.54, 1.807) is 0 Å². The molecule has 0 fully saturated rings. The van der Waals surface area contributed by atoms with E-state index in [1.165, 1.54) is 5.56 Å². The van der Waals surface area contributed by atoms with Crippen LogP contribution >= 0.6 is 0 Å². The van der Waals surface area contributed by atoms with Crippen molar-refractivity contribution in [2.45, 2.75) is 33.2 Å². The fourth-order valence-corrected chi connectivity index (χ4v) is 2.53. The van der Waals surface area contributed by atoms with E-state index >= 15 is 0 Å². The largest absolute Gasteiger partial charge is 0.326 e. The average molecular weight is 232 g/mol. The Hall–Kier alpha value is -1.35. The maximum Gasteiger partial charge on any atom is 0.228 e. The molecule has 3 nitrogen and oxygen atoms in total. The number of nitrogens with one attached hydrogen (secondary N) is 2. The van der Waals surface area contributed by atoms with Crippen molar-refractivity contribution in [1.29, 1.82) is 0 Å². The van der Waals surface area contributed by atoms with Gasteiger partial charge in [0.1, 0.15) is 0 Å². The van der Waals surface area contributed by atoms with E-state index in [4.69, 9.17) is 0 Å². The SMILES string of the molecule is CNC(c1ccc2c(c1)CC(=O)N2)C(C)(C)C. The van der Waals surface area contributed by atoms with Gasteiger partial charge in [-0.3, -0.25) is 4.79 Å². The van der Waals surface area contributed by atoms with Gasteiger partial charge in [0.25, 0.3) is 0 Å². The van der Waals surface area contributed by atoms with Gasteiger partial charge < -0.3 is 10.6 Å². The van der Waals surface area contributed by atoms with Crippen LogP contribution in [0.2, 0.25) is 0 Å². The van der Waals surface area contributed by atoms with E-state index < -0.39 is 0 Å². The van der Waals surface area contributed by atoms with Gasteiger partial charge in [-0.15, -0.1) is 0 Å². The number of carbonyl (C=O) groups is 1. The molecule has 17 heavy (non-hydrogen) atoms. The zero-order chi connectivity index (χ0) is 12.6. The van der Waals surface area contributed by atoms with Gasteiger partial charge in [0.05, 0.1) is 6.42 Å². The van der Waals surface area contributed by atoms with E-state index in [0.717, 1.165) is 11.3 Å². The lowest BCUT2D eigenvalue weighted by molar-refractivity contribution is -0.115. The van der Waals surface area contributed by atoms with Crippen LogP contribution < -0.4 is 10.6 Å². The normalized spacial score (nSPS) is 16.6. The Morgan fingerprint density at radius 1 is 1.35 bits per heavy atom. The molecule has 0 saturated heterocycles. The Morgan fingerprint density at radius 3 is 2.65 bits per heavy atom. The summed E-state index contributed by atoms with van der Waals surface area (Å²) in [6.07, 6.45) is 0.504. The average Bonchev–Trinajstić information content (AvgIpc) is 2.56. The van der Waals surface area contributed by atoms with Gasteiger partial charge in [0, 0.05) is 11.7 Å². The zero-order valence-corrected chi connectivity index (χ0v) is 10.9. The molecule has 1 aliphatic heterocycles. The predicted octanol–water partition coefficient (Wildman–Crippen LogP) is 2.49. The number of benzene rings is 1. The molecule has 92 valence electrons. The van der Waals surface area contributed by atoms with Crippen LogP contribution in [0.1, 0.15) is 37.9 Å². The minimum absolute atomic E-state index is 0.0916. The first kappa shape index (κ1) is 12.1. The maximum atomic E-state index is 11.3. The number of hydrogen-bond acceptors (Lipinski definition) is 2. The van der Waals surface area contributed by atoms with E-state index in [-0.39, 0.29) is 11.3 Å². The standard InChI is InChI=1S/C14H20N2O/c1-14(2,3)13(15-4)9-5-6-11-10(7-9)8-12(17)16-11/h5-7,13,15H,8H2,1-4H3,(H,16,17). The summed E-state index contributed by atoms with van der Waals surface area (Å²) in [7, 11) is 1.98. The van der Waals surface area contributed by atoms with Crippen LogP contribution in [0.3, 0.4) is 0 Å². The third kappa shape index (κ3) is 2.34. The Labute approximate surface area is 103 Å². The number of anilines is 1. The van der Waals surface area contributed by atoms with E-state index in [1.807, 2.05) is 13.1 Å². The topological polar surface area (TPSA) is 41.1 Å². The summed E-state index contributed by atoms with van der Waals surface area (Å²) in [6.45, 7) is 6.64. The predicted molar refractivity (Wildman–Crippen MR) is 70.0 cm³/mol. The number of carbonyl (C=O) groups excluding carboxylic acids is 1. The molecule has 0 spiro atoms. The summed E-state index contributed by atoms with van der Waals surface area (Å²) in [5.41, 5.74) is 3.47. The summed E-state index contributed by atoms with van der Waals surface area (Å²) in [4.78, 5) is 11.3. The second kappa shape index (κ2) is 4.15. The fourth-order valence-electron chi connectivity index (χ4n) is 2.53. The van der Waals surface area contributed by atoms with Crippen molar-refractivity contribution < 1.29 is 4.79 Å². The molecule has 2 rings (SSSR count). The summed E-state index contributed by atoms with van der Waals surface area (Å²) < 4.78 is 0. The van der Waals surface area contributed by atoms with Crippen molar-refractivity contribution in [1.82, 2.24) is 5.32 Å². The molecule has 3 heteroatoms. The molecule has 1 aromatic carbocycles. The summed E-state index contributed by atoms with van der Waals surface area (Å²) in [6, 6.07) is 6.53. The molecule has 2 N–H and O–H groups in total. The van der Waals surface area contributed by atoms with Crippen molar-refractivity contribution in [2.75, 3.05) is 12.4 Å². The summed E-state index contributed by atoms with van der Waals surface area (Å²) in [5.74, 6) is 0.0916. The Kier molecular flexibility index (Phi) is 2.96. The lowest BCUT2D eigenvalue weighted by Crippen LogP contribution is -2.29. The van der Waals surface area contributed by atoms with Gasteiger partial charge in [-0.1, -0.05) is 32.9 Å². The smallest absolute Gasteiger partial charge is 0.228 e. The molecule has 1 aromatic rings. The molecule has 0 aromatic heterocycles. The highest BCUT2D eigenvalue weighted by molar-refractivity contribution is 5.99. The lowest BCUT2D eigenvalue weighted by atomic mass is 9.82. The molecule has 0 bridgehead atoms. The van der Waals surface area contributed by atoms with Gasteiger partial charge in [-0.2, -0.15) is 0 Å². The van der Waals surface area contributed by atoms with Crippen LogP contribution in [0.5, 0.6) is 0 Å². The second-order valence-corrected chi connectivity index (χ2v) is 5.73. The first-order valence-corrected chi connectivity index (χ1v) is 6.02. The van der Waals surface area contributed by atoms with Crippen molar-refractivity contribution in [3.8, 4) is 0 Å². The highest BCUT2D eigenvalue weighted by Gasteiger charge is 2.26. The van der Waals surface area contributed by atoms with Crippen molar-refractivity contribution in [3.05, 3.63) is 29.3 Å². The summed E-state index contributed by atoms with van der Waals surface area (Å²) in [5, 5.41) is 6.22. The van der Waals surface area contributed by atoms with Crippen LogP contribution in [0.4, 0.5) is 5.69 Å². The molecule has 0 saturated carbocycles. The monoisotopic (exact) mass is 232 g/mol. The number of amides is 1. The van der Waals surface area contributed by atoms with E-state index in [9.17, 15) is 4.79 Å². The number of rotatable bonds is 2. The number of fused-ring (bicyclic) bond motifs is 1. The summed E-state index contributed by atoms with van der Waals surface area (Å²) >= 11 is 0. The second-order valence-electron chi connectivity index (χ2n) is 5.73. The Balaban J connectivity index is 2.35. The van der Waals surface area contributed by atoms with Crippen LogP contribution in [0.25, 0.3) is 0 Å². The van der Waals surface area contributed by atoms with Crippen molar-refractivity contribution >= 4 is 11.6 Å². The molecule has 1 heterocycles. The van der Waals surface area contributed by atoms with E-state index in [2.05, 4.69) is 43.5 Å². The third-order valence-corrected chi connectivity index (χ3v) is 3.24. The van der Waals surface area contributed by atoms with Crippen molar-refractivity contribution in [2.24, 2.45) is 5.41 Å². The minimum Gasteiger partial charge on any atom is -0.326 e.